The molecule has 0 radical (unpaired) electrons. The van der Waals surface area contributed by atoms with Crippen LogP contribution >= 0.6 is 24.0 Å². The molecule has 66 valence electrons. The zero-order chi connectivity index (χ0) is 8.27. The Morgan fingerprint density at radius 1 is 1.58 bits per heavy atom. The van der Waals surface area contributed by atoms with Gasteiger partial charge in [0.1, 0.15) is 7.05 Å². The van der Waals surface area contributed by atoms with Crippen molar-refractivity contribution in [1.82, 2.24) is 0 Å². The van der Waals surface area contributed by atoms with Crippen molar-refractivity contribution >= 4 is 29.9 Å². The molecule has 0 aliphatic heterocycles. The number of hydrogen-bond donors (Lipinski definition) is 0. The molecule has 4 heteroatoms. The average Bonchev–Trinajstić information content (AvgIpc) is 2.03. The summed E-state index contributed by atoms with van der Waals surface area (Å²) in [5.74, 6) is -0.179. The third-order valence-electron chi connectivity index (χ3n) is 1.39. The third kappa shape index (κ3) is 2.77. The highest BCUT2D eigenvalue weighted by Gasteiger charge is 1.95. The molecule has 0 amide bonds. The maximum absolute atomic E-state index is 11.0. The van der Waals surface area contributed by atoms with Crippen LogP contribution in [0.1, 0.15) is 5.56 Å². The minimum absolute atomic E-state index is 0. The minimum Gasteiger partial charge on any atom is -0.858 e. The van der Waals surface area contributed by atoms with Crippen LogP contribution in [0, 0.1) is 0 Å². The summed E-state index contributed by atoms with van der Waals surface area (Å²) < 4.78 is 1.82. The van der Waals surface area contributed by atoms with Crippen molar-refractivity contribution in [3.63, 3.8) is 0 Å². The van der Waals surface area contributed by atoms with Crippen molar-refractivity contribution < 1.29 is 9.67 Å². The summed E-state index contributed by atoms with van der Waals surface area (Å²) in [6.07, 6.45) is 3.61. The minimum atomic E-state index is -0.179. The predicted molar refractivity (Wildman–Crippen MR) is 55.5 cm³/mol. The van der Waals surface area contributed by atoms with E-state index in [2.05, 4.69) is 4.99 Å². The zero-order valence-electron chi connectivity index (χ0n) is 7.02. The fourth-order valence-corrected chi connectivity index (χ4v) is 0.844. The van der Waals surface area contributed by atoms with Gasteiger partial charge in [0.05, 0.1) is 0 Å². The van der Waals surface area contributed by atoms with Crippen LogP contribution in [0.2, 0.25) is 0 Å². The van der Waals surface area contributed by atoms with E-state index >= 15 is 0 Å². The molecule has 12 heavy (non-hydrogen) atoms. The lowest BCUT2D eigenvalue weighted by Gasteiger charge is -2.06. The first-order valence-electron chi connectivity index (χ1n) is 3.33. The van der Waals surface area contributed by atoms with Gasteiger partial charge in [0.15, 0.2) is 12.4 Å². The number of nitrogens with zero attached hydrogens (tertiary/aromatic N) is 2. The average molecular weight is 278 g/mol. The summed E-state index contributed by atoms with van der Waals surface area (Å²) in [4.78, 5) is 3.55. The molecule has 0 bridgehead atoms. The van der Waals surface area contributed by atoms with Crippen LogP contribution in [0.15, 0.2) is 29.5 Å². The van der Waals surface area contributed by atoms with Gasteiger partial charge in [-0.25, -0.2) is 4.57 Å². The Morgan fingerprint density at radius 2 is 2.25 bits per heavy atom. The smallest absolute Gasteiger partial charge is 0.176 e. The Morgan fingerprint density at radius 3 is 2.75 bits per heavy atom. The van der Waals surface area contributed by atoms with Crippen LogP contribution in [0.5, 0.6) is 0 Å². The number of pyridine rings is 1. The topological polar surface area (TPSA) is 39.3 Å². The fourth-order valence-electron chi connectivity index (χ4n) is 0.844. The molecule has 0 atom stereocenters. The van der Waals surface area contributed by atoms with Crippen LogP contribution in [0.4, 0.5) is 0 Å². The van der Waals surface area contributed by atoms with E-state index < -0.39 is 0 Å². The second-order valence-electron chi connectivity index (χ2n) is 2.29. The number of aryl methyl sites for hydroxylation is 1. The molecule has 0 aliphatic rings. The molecule has 0 saturated carbocycles. The Bertz CT molecular complexity index is 286. The van der Waals surface area contributed by atoms with Gasteiger partial charge in [0.2, 0.25) is 0 Å². The van der Waals surface area contributed by atoms with Crippen LogP contribution in [0.25, 0.3) is 0 Å². The predicted octanol–water partition coefficient (Wildman–Crippen LogP) is -0.134. The van der Waals surface area contributed by atoms with Gasteiger partial charge in [-0.15, -0.1) is 24.0 Å². The molecule has 1 rings (SSSR count). The van der Waals surface area contributed by atoms with E-state index in [0.717, 1.165) is 0 Å². The van der Waals surface area contributed by atoms with Crippen molar-refractivity contribution in [2.24, 2.45) is 12.0 Å². The van der Waals surface area contributed by atoms with Crippen molar-refractivity contribution in [1.29, 1.82) is 0 Å². The van der Waals surface area contributed by atoms with Gasteiger partial charge >= 0.3 is 0 Å². The molecule has 1 aromatic heterocycles. The van der Waals surface area contributed by atoms with Crippen LogP contribution in [-0.4, -0.2) is 12.9 Å². The number of hydrogen-bond acceptors (Lipinski definition) is 2. The molecule has 0 spiro atoms. The van der Waals surface area contributed by atoms with Crippen molar-refractivity contribution in [3.05, 3.63) is 30.1 Å². The van der Waals surface area contributed by atoms with Gasteiger partial charge < -0.3 is 10.1 Å². The molecule has 1 heterocycles. The maximum atomic E-state index is 11.0. The SMILES string of the molecule is CN=C([O-])c1ccc[n+](C)c1.I. The molecular weight excluding hydrogens is 267 g/mol. The summed E-state index contributed by atoms with van der Waals surface area (Å²) in [5.41, 5.74) is 0.623. The van der Waals surface area contributed by atoms with E-state index in [1.807, 2.05) is 23.9 Å². The third-order valence-corrected chi connectivity index (χ3v) is 1.39. The molecule has 0 N–H and O–H groups in total. The van der Waals surface area contributed by atoms with Crippen molar-refractivity contribution in [3.8, 4) is 0 Å². The molecule has 0 fully saturated rings. The van der Waals surface area contributed by atoms with E-state index in [0.29, 0.717) is 5.56 Å². The zero-order valence-corrected chi connectivity index (χ0v) is 9.35. The van der Waals surface area contributed by atoms with E-state index in [1.54, 1.807) is 12.3 Å². The van der Waals surface area contributed by atoms with Crippen LogP contribution in [0.3, 0.4) is 0 Å². The van der Waals surface area contributed by atoms with Gasteiger partial charge in [-0.3, -0.25) is 0 Å². The van der Waals surface area contributed by atoms with E-state index in [1.165, 1.54) is 7.05 Å². The van der Waals surface area contributed by atoms with Crippen molar-refractivity contribution in [2.45, 2.75) is 0 Å². The second kappa shape index (κ2) is 5.08. The molecular formula is C8H11IN2O. The first-order chi connectivity index (χ1) is 5.24. The lowest BCUT2D eigenvalue weighted by Crippen LogP contribution is -2.30. The second-order valence-corrected chi connectivity index (χ2v) is 2.29. The van der Waals surface area contributed by atoms with Gasteiger partial charge in [-0.05, 0) is 12.0 Å². The van der Waals surface area contributed by atoms with E-state index in [9.17, 15) is 5.11 Å². The molecule has 0 aromatic carbocycles. The highest BCUT2D eigenvalue weighted by molar-refractivity contribution is 14.0. The lowest BCUT2D eigenvalue weighted by molar-refractivity contribution is -0.671. The van der Waals surface area contributed by atoms with Gasteiger partial charge in [0.25, 0.3) is 0 Å². The first-order valence-corrected chi connectivity index (χ1v) is 3.33. The Balaban J connectivity index is 0.00000121. The fraction of sp³-hybridized carbons (Fsp3) is 0.250. The summed E-state index contributed by atoms with van der Waals surface area (Å²) in [6, 6.07) is 3.56. The molecule has 0 aliphatic carbocycles. The van der Waals surface area contributed by atoms with Crippen molar-refractivity contribution in [2.75, 3.05) is 7.05 Å². The number of halogens is 1. The number of aliphatic imine (C=N–C) groups is 1. The standard InChI is InChI=1S/C8H10N2O.HI/c1-9-8(11)7-4-3-5-10(2)6-7;/h3-6H,1-2H3;1H. The van der Waals surface area contributed by atoms with Crippen LogP contribution in [-0.2, 0) is 7.05 Å². The van der Waals surface area contributed by atoms with Crippen LogP contribution < -0.4 is 9.67 Å². The number of aromatic nitrogens is 1. The molecule has 0 saturated heterocycles. The monoisotopic (exact) mass is 278 g/mol. The Hall–Kier alpha value is -0.650. The Kier molecular flexibility index (Phi) is 4.80. The van der Waals surface area contributed by atoms with E-state index in [-0.39, 0.29) is 29.9 Å². The van der Waals surface area contributed by atoms with Gasteiger partial charge in [-0.2, -0.15) is 0 Å². The Labute approximate surface area is 88.8 Å². The van der Waals surface area contributed by atoms with Gasteiger partial charge in [-0.1, -0.05) is 0 Å². The summed E-state index contributed by atoms with van der Waals surface area (Å²) in [6.45, 7) is 0. The largest absolute Gasteiger partial charge is 0.858 e. The summed E-state index contributed by atoms with van der Waals surface area (Å²) >= 11 is 0. The quantitative estimate of drug-likeness (QED) is 0.305. The molecule has 0 unspecified atom stereocenters. The lowest BCUT2D eigenvalue weighted by atomic mass is 10.3. The summed E-state index contributed by atoms with van der Waals surface area (Å²) in [7, 11) is 3.36. The normalized spacial score (nSPS) is 10.7. The highest BCUT2D eigenvalue weighted by atomic mass is 127. The molecule has 1 aromatic rings. The maximum Gasteiger partial charge on any atom is 0.176 e. The van der Waals surface area contributed by atoms with E-state index in [4.69, 9.17) is 0 Å². The highest BCUT2D eigenvalue weighted by Crippen LogP contribution is 1.91. The summed E-state index contributed by atoms with van der Waals surface area (Å²) in [5, 5.41) is 11.0. The molecule has 3 nitrogen and oxygen atoms in total. The van der Waals surface area contributed by atoms with Gasteiger partial charge in [0, 0.05) is 18.7 Å². The number of rotatable bonds is 1. The first kappa shape index (κ1) is 11.4.